The summed E-state index contributed by atoms with van der Waals surface area (Å²) in [5.41, 5.74) is 4.41. The van der Waals surface area contributed by atoms with Crippen LogP contribution in [0.25, 0.3) is 0 Å². The molecule has 4 N–H and O–H groups in total. The van der Waals surface area contributed by atoms with E-state index in [9.17, 15) is 4.79 Å². The van der Waals surface area contributed by atoms with Gasteiger partial charge in [0.1, 0.15) is 11.1 Å². The van der Waals surface area contributed by atoms with Crippen molar-refractivity contribution in [1.82, 2.24) is 5.32 Å². The second-order valence-corrected chi connectivity index (χ2v) is 6.38. The summed E-state index contributed by atoms with van der Waals surface area (Å²) < 4.78 is 5.24. The van der Waals surface area contributed by atoms with Crippen LogP contribution in [0.3, 0.4) is 0 Å². The minimum Gasteiger partial charge on any atom is -0.444 e. The maximum atomic E-state index is 11.9. The minimum absolute atomic E-state index is 0.0465. The molecule has 1 aliphatic carbocycles. The Labute approximate surface area is 114 Å². The average Bonchev–Trinajstić information content (AvgIpc) is 2.29. The molecule has 0 heterocycles. The molecule has 110 valence electrons. The molecular formula is C13H25N3O3. The quantitative estimate of drug-likeness (QED) is 0.310. The van der Waals surface area contributed by atoms with E-state index in [0.717, 1.165) is 12.8 Å². The first-order chi connectivity index (χ1) is 8.68. The fourth-order valence-corrected chi connectivity index (χ4v) is 2.29. The van der Waals surface area contributed by atoms with Crippen LogP contribution in [0.1, 0.15) is 53.4 Å². The van der Waals surface area contributed by atoms with E-state index in [2.05, 4.69) is 17.4 Å². The number of amidine groups is 1. The van der Waals surface area contributed by atoms with Crippen molar-refractivity contribution >= 4 is 11.9 Å². The number of nitrogens with two attached hydrogens (primary N) is 1. The van der Waals surface area contributed by atoms with Crippen molar-refractivity contribution in [3.8, 4) is 0 Å². The highest BCUT2D eigenvalue weighted by Crippen LogP contribution is 2.32. The lowest BCUT2D eigenvalue weighted by Crippen LogP contribution is -2.59. The third kappa shape index (κ3) is 4.29. The molecule has 1 saturated carbocycles. The van der Waals surface area contributed by atoms with Crippen LogP contribution in [0, 0.1) is 5.92 Å². The summed E-state index contributed by atoms with van der Waals surface area (Å²) in [5.74, 6) is 0.630. The average molecular weight is 271 g/mol. The van der Waals surface area contributed by atoms with Gasteiger partial charge in [0.15, 0.2) is 5.84 Å². The highest BCUT2D eigenvalue weighted by atomic mass is 16.6. The van der Waals surface area contributed by atoms with E-state index in [4.69, 9.17) is 15.7 Å². The number of ether oxygens (including phenoxy) is 1. The van der Waals surface area contributed by atoms with Crippen LogP contribution < -0.4 is 11.1 Å². The van der Waals surface area contributed by atoms with Gasteiger partial charge in [-0.3, -0.25) is 0 Å². The summed E-state index contributed by atoms with van der Waals surface area (Å²) in [7, 11) is 0. The van der Waals surface area contributed by atoms with Gasteiger partial charge in [0.2, 0.25) is 0 Å². The number of hydrogen-bond donors (Lipinski definition) is 3. The fraction of sp³-hybridized carbons (Fsp3) is 0.846. The first kappa shape index (κ1) is 15.6. The van der Waals surface area contributed by atoms with E-state index in [1.165, 1.54) is 0 Å². The molecule has 0 unspecified atom stereocenters. The molecule has 0 aliphatic heterocycles. The molecule has 0 radical (unpaired) electrons. The van der Waals surface area contributed by atoms with Gasteiger partial charge in [-0.15, -0.1) is 0 Å². The van der Waals surface area contributed by atoms with Crippen LogP contribution in [-0.2, 0) is 4.74 Å². The number of carbonyl (C=O) groups excluding carboxylic acids is 1. The molecule has 1 aliphatic rings. The molecule has 1 fully saturated rings. The Morgan fingerprint density at radius 3 is 2.37 bits per heavy atom. The lowest BCUT2D eigenvalue weighted by atomic mass is 9.76. The summed E-state index contributed by atoms with van der Waals surface area (Å²) >= 11 is 0. The number of hydrogen-bond acceptors (Lipinski definition) is 4. The number of amides is 1. The molecule has 0 saturated heterocycles. The first-order valence-corrected chi connectivity index (χ1v) is 6.68. The van der Waals surface area contributed by atoms with Gasteiger partial charge in [-0.1, -0.05) is 12.1 Å². The van der Waals surface area contributed by atoms with Crippen LogP contribution in [-0.4, -0.2) is 28.3 Å². The highest BCUT2D eigenvalue weighted by Gasteiger charge is 2.40. The third-order valence-electron chi connectivity index (χ3n) is 3.47. The van der Waals surface area contributed by atoms with Crippen LogP contribution in [0.4, 0.5) is 4.79 Å². The Morgan fingerprint density at radius 2 is 1.95 bits per heavy atom. The molecular weight excluding hydrogens is 246 g/mol. The molecule has 0 atom stereocenters. The zero-order valence-electron chi connectivity index (χ0n) is 12.2. The Morgan fingerprint density at radius 1 is 1.42 bits per heavy atom. The minimum atomic E-state index is -0.788. The Hall–Kier alpha value is -1.46. The van der Waals surface area contributed by atoms with Crippen LogP contribution in [0.2, 0.25) is 0 Å². The van der Waals surface area contributed by atoms with E-state index in [-0.39, 0.29) is 5.84 Å². The summed E-state index contributed by atoms with van der Waals surface area (Å²) in [6.07, 6.45) is 2.62. The zero-order valence-corrected chi connectivity index (χ0v) is 12.2. The van der Waals surface area contributed by atoms with Crippen molar-refractivity contribution in [2.75, 3.05) is 0 Å². The number of oxime groups is 1. The predicted octanol–water partition coefficient (Wildman–Crippen LogP) is 2.21. The van der Waals surface area contributed by atoms with Crippen LogP contribution in [0.5, 0.6) is 0 Å². The molecule has 1 amide bonds. The zero-order chi connectivity index (χ0) is 14.7. The van der Waals surface area contributed by atoms with Crippen molar-refractivity contribution in [2.24, 2.45) is 16.8 Å². The summed E-state index contributed by atoms with van der Waals surface area (Å²) in [6, 6.07) is 0. The molecule has 0 aromatic rings. The van der Waals surface area contributed by atoms with Gasteiger partial charge in [-0.2, -0.15) is 0 Å². The molecule has 6 nitrogen and oxygen atoms in total. The topological polar surface area (TPSA) is 96.9 Å². The normalized spacial score (nSPS) is 28.8. The maximum Gasteiger partial charge on any atom is 0.408 e. The Bertz CT molecular complexity index is 353. The summed E-state index contributed by atoms with van der Waals surface area (Å²) in [5, 5.41) is 14.8. The van der Waals surface area contributed by atoms with Crippen molar-refractivity contribution in [2.45, 2.75) is 64.5 Å². The van der Waals surface area contributed by atoms with Crippen molar-refractivity contribution in [3.05, 3.63) is 0 Å². The molecule has 0 aromatic carbocycles. The Kier molecular flexibility index (Phi) is 4.66. The monoisotopic (exact) mass is 271 g/mol. The van der Waals surface area contributed by atoms with E-state index in [1.54, 1.807) is 20.8 Å². The van der Waals surface area contributed by atoms with Gasteiger partial charge in [0.25, 0.3) is 0 Å². The van der Waals surface area contributed by atoms with Gasteiger partial charge in [0, 0.05) is 0 Å². The third-order valence-corrected chi connectivity index (χ3v) is 3.47. The van der Waals surface area contributed by atoms with Crippen LogP contribution >= 0.6 is 0 Å². The molecule has 0 spiro atoms. The van der Waals surface area contributed by atoms with E-state index in [0.29, 0.717) is 18.8 Å². The fourth-order valence-electron chi connectivity index (χ4n) is 2.29. The number of rotatable bonds is 2. The van der Waals surface area contributed by atoms with Crippen LogP contribution in [0.15, 0.2) is 5.16 Å². The van der Waals surface area contributed by atoms with Gasteiger partial charge < -0.3 is 21.0 Å². The SMILES string of the molecule is CC1CCC(NC(=O)OC(C)(C)C)(C(N)=NO)CC1. The standard InChI is InChI=1S/C13H25N3O3/c1-9-5-7-13(8-6-9,10(14)16-18)15-11(17)19-12(2,3)4/h9,18H,5-8H2,1-4H3,(H2,14,16)(H,15,17). The number of nitrogens with zero attached hydrogens (tertiary/aromatic N) is 1. The van der Waals surface area contributed by atoms with Crippen molar-refractivity contribution in [3.63, 3.8) is 0 Å². The van der Waals surface area contributed by atoms with Gasteiger partial charge in [-0.05, 0) is 52.4 Å². The first-order valence-electron chi connectivity index (χ1n) is 6.68. The Balaban J connectivity index is 2.79. The van der Waals surface area contributed by atoms with Crippen molar-refractivity contribution < 1.29 is 14.7 Å². The largest absolute Gasteiger partial charge is 0.444 e. The van der Waals surface area contributed by atoms with Crippen molar-refractivity contribution in [1.29, 1.82) is 0 Å². The number of alkyl carbamates (subject to hydrolysis) is 1. The summed E-state index contributed by atoms with van der Waals surface area (Å²) in [6.45, 7) is 7.55. The smallest absolute Gasteiger partial charge is 0.408 e. The van der Waals surface area contributed by atoms with E-state index >= 15 is 0 Å². The summed E-state index contributed by atoms with van der Waals surface area (Å²) in [4.78, 5) is 11.9. The van der Waals surface area contributed by atoms with Gasteiger partial charge >= 0.3 is 6.09 Å². The molecule has 0 bridgehead atoms. The highest BCUT2D eigenvalue weighted by molar-refractivity contribution is 5.92. The van der Waals surface area contributed by atoms with E-state index in [1.807, 2.05) is 0 Å². The molecule has 6 heteroatoms. The number of carbonyl (C=O) groups is 1. The lowest BCUT2D eigenvalue weighted by molar-refractivity contribution is 0.0458. The number of nitrogens with one attached hydrogen (secondary N) is 1. The van der Waals surface area contributed by atoms with Gasteiger partial charge in [0.05, 0.1) is 0 Å². The second-order valence-electron chi connectivity index (χ2n) is 6.38. The predicted molar refractivity (Wildman–Crippen MR) is 73.1 cm³/mol. The molecule has 19 heavy (non-hydrogen) atoms. The second kappa shape index (κ2) is 5.67. The maximum absolute atomic E-state index is 11.9. The molecule has 1 rings (SSSR count). The van der Waals surface area contributed by atoms with E-state index < -0.39 is 17.2 Å². The lowest BCUT2D eigenvalue weighted by Gasteiger charge is -2.39. The van der Waals surface area contributed by atoms with Gasteiger partial charge in [-0.25, -0.2) is 4.79 Å². The molecule has 0 aromatic heterocycles.